The summed E-state index contributed by atoms with van der Waals surface area (Å²) in [5, 5.41) is 6.95. The lowest BCUT2D eigenvalue weighted by atomic mass is 9.91. The second kappa shape index (κ2) is 5.56. The number of carbonyl (C=O) groups excluding carboxylic acids is 2. The number of carbonyl (C=O) groups is 2. The molecule has 20 heavy (non-hydrogen) atoms. The van der Waals surface area contributed by atoms with Crippen molar-refractivity contribution in [1.29, 1.82) is 0 Å². The summed E-state index contributed by atoms with van der Waals surface area (Å²) in [5.74, 6) is 0.0680. The molecule has 1 fully saturated rings. The molecule has 0 radical (unpaired) electrons. The van der Waals surface area contributed by atoms with Crippen LogP contribution in [0, 0.1) is 5.92 Å². The lowest BCUT2D eigenvalue weighted by Crippen LogP contribution is -2.69. The van der Waals surface area contributed by atoms with Crippen LogP contribution >= 0.6 is 11.3 Å². The van der Waals surface area contributed by atoms with Gasteiger partial charge < -0.3 is 10.2 Å². The van der Waals surface area contributed by atoms with Crippen molar-refractivity contribution >= 4 is 23.2 Å². The molecule has 0 bridgehead atoms. The minimum absolute atomic E-state index is 0.00558. The van der Waals surface area contributed by atoms with Crippen molar-refractivity contribution in [3.63, 3.8) is 0 Å². The fourth-order valence-corrected chi connectivity index (χ4v) is 3.35. The van der Waals surface area contributed by atoms with Crippen LogP contribution in [-0.2, 0) is 16.0 Å². The quantitative estimate of drug-likeness (QED) is 0.924. The van der Waals surface area contributed by atoms with Gasteiger partial charge >= 0.3 is 0 Å². The third kappa shape index (κ3) is 2.87. The Balaban J connectivity index is 2.18. The third-order valence-corrected chi connectivity index (χ3v) is 4.42. The highest BCUT2D eigenvalue weighted by molar-refractivity contribution is 7.07. The molecule has 5 heteroatoms. The molecule has 0 spiro atoms. The molecule has 1 aromatic rings. The average Bonchev–Trinajstić information content (AvgIpc) is 2.83. The predicted octanol–water partition coefficient (Wildman–Crippen LogP) is 2.05. The minimum atomic E-state index is -0.808. The van der Waals surface area contributed by atoms with Crippen LogP contribution < -0.4 is 5.32 Å². The van der Waals surface area contributed by atoms with E-state index in [1.54, 1.807) is 30.1 Å². The van der Waals surface area contributed by atoms with Crippen LogP contribution in [0.15, 0.2) is 16.8 Å². The standard InChI is InChI=1S/C15H22N2O2S/c1-10(2)12-13(18)16-15(3,4)14(19)17(12)7-5-11-6-8-20-9-11/h6,8-10,12H,5,7H2,1-4H3,(H,16,18). The Morgan fingerprint density at radius 2 is 2.10 bits per heavy atom. The number of amides is 2. The number of piperazine rings is 1. The summed E-state index contributed by atoms with van der Waals surface area (Å²) < 4.78 is 0. The van der Waals surface area contributed by atoms with Crippen LogP contribution in [0.3, 0.4) is 0 Å². The molecule has 2 amide bonds. The van der Waals surface area contributed by atoms with E-state index in [1.165, 1.54) is 5.56 Å². The maximum atomic E-state index is 12.6. The molecule has 0 saturated carbocycles. The normalized spacial score (nSPS) is 22.2. The van der Waals surface area contributed by atoms with Gasteiger partial charge in [0.15, 0.2) is 0 Å². The molecule has 110 valence electrons. The van der Waals surface area contributed by atoms with Crippen LogP contribution in [0.25, 0.3) is 0 Å². The molecule has 2 rings (SSSR count). The average molecular weight is 294 g/mol. The monoisotopic (exact) mass is 294 g/mol. The lowest BCUT2D eigenvalue weighted by molar-refractivity contribution is -0.155. The molecule has 1 unspecified atom stereocenters. The minimum Gasteiger partial charge on any atom is -0.340 e. The first-order valence-electron chi connectivity index (χ1n) is 6.97. The van der Waals surface area contributed by atoms with E-state index in [0.29, 0.717) is 6.54 Å². The van der Waals surface area contributed by atoms with Gasteiger partial charge in [-0.15, -0.1) is 0 Å². The molecule has 1 aliphatic rings. The number of rotatable bonds is 4. The molecule has 1 atom stereocenters. The van der Waals surface area contributed by atoms with Gasteiger partial charge in [0.1, 0.15) is 11.6 Å². The number of nitrogens with one attached hydrogen (secondary N) is 1. The third-order valence-electron chi connectivity index (χ3n) is 3.69. The maximum absolute atomic E-state index is 12.6. The molecule has 1 aliphatic heterocycles. The molecular formula is C15H22N2O2S. The number of hydrogen-bond acceptors (Lipinski definition) is 3. The summed E-state index contributed by atoms with van der Waals surface area (Å²) >= 11 is 1.65. The molecule has 2 heterocycles. The summed E-state index contributed by atoms with van der Waals surface area (Å²) in [5.41, 5.74) is 0.408. The van der Waals surface area contributed by atoms with Crippen LogP contribution in [-0.4, -0.2) is 34.8 Å². The molecule has 1 N–H and O–H groups in total. The van der Waals surface area contributed by atoms with E-state index in [-0.39, 0.29) is 23.8 Å². The largest absolute Gasteiger partial charge is 0.340 e. The van der Waals surface area contributed by atoms with Crippen LogP contribution in [0.1, 0.15) is 33.3 Å². The zero-order valence-corrected chi connectivity index (χ0v) is 13.3. The Hall–Kier alpha value is -1.36. The lowest BCUT2D eigenvalue weighted by Gasteiger charge is -2.44. The van der Waals surface area contributed by atoms with Crippen LogP contribution in [0.5, 0.6) is 0 Å². The predicted molar refractivity (Wildman–Crippen MR) is 80.6 cm³/mol. The number of thiophene rings is 1. The van der Waals surface area contributed by atoms with E-state index < -0.39 is 5.54 Å². The van der Waals surface area contributed by atoms with Crippen LogP contribution in [0.4, 0.5) is 0 Å². The molecular weight excluding hydrogens is 272 g/mol. The van der Waals surface area contributed by atoms with Crippen LogP contribution in [0.2, 0.25) is 0 Å². The molecule has 4 nitrogen and oxygen atoms in total. The first-order chi connectivity index (χ1) is 9.33. The van der Waals surface area contributed by atoms with Gasteiger partial charge in [-0.25, -0.2) is 0 Å². The smallest absolute Gasteiger partial charge is 0.248 e. The highest BCUT2D eigenvalue weighted by Gasteiger charge is 2.45. The van der Waals surface area contributed by atoms with Gasteiger partial charge in [0.25, 0.3) is 0 Å². The van der Waals surface area contributed by atoms with Gasteiger partial charge in [0.2, 0.25) is 11.8 Å². The van der Waals surface area contributed by atoms with E-state index in [2.05, 4.69) is 16.8 Å². The highest BCUT2D eigenvalue weighted by atomic mass is 32.1. The highest BCUT2D eigenvalue weighted by Crippen LogP contribution is 2.23. The molecule has 0 aromatic carbocycles. The van der Waals surface area contributed by atoms with Gasteiger partial charge in [0.05, 0.1) is 0 Å². The van der Waals surface area contributed by atoms with E-state index >= 15 is 0 Å². The van der Waals surface area contributed by atoms with Gasteiger partial charge in [-0.2, -0.15) is 11.3 Å². The topological polar surface area (TPSA) is 49.4 Å². The second-order valence-electron chi connectivity index (χ2n) is 6.18. The van der Waals surface area contributed by atoms with Crippen molar-refractivity contribution in [3.8, 4) is 0 Å². The van der Waals surface area contributed by atoms with Crippen molar-refractivity contribution in [2.24, 2.45) is 5.92 Å². The fraction of sp³-hybridized carbons (Fsp3) is 0.600. The maximum Gasteiger partial charge on any atom is 0.248 e. The van der Waals surface area contributed by atoms with Crippen molar-refractivity contribution in [2.45, 2.75) is 45.7 Å². The zero-order valence-electron chi connectivity index (χ0n) is 12.5. The first kappa shape index (κ1) is 15.0. The Kier molecular flexibility index (Phi) is 4.18. The van der Waals surface area contributed by atoms with Crippen molar-refractivity contribution < 1.29 is 9.59 Å². The summed E-state index contributed by atoms with van der Waals surface area (Å²) in [7, 11) is 0. The fourth-order valence-electron chi connectivity index (χ4n) is 2.65. The van der Waals surface area contributed by atoms with Crippen molar-refractivity contribution in [3.05, 3.63) is 22.4 Å². The first-order valence-corrected chi connectivity index (χ1v) is 7.91. The van der Waals surface area contributed by atoms with E-state index in [9.17, 15) is 9.59 Å². The number of hydrogen-bond donors (Lipinski definition) is 1. The molecule has 0 aliphatic carbocycles. The Morgan fingerprint density at radius 3 is 2.65 bits per heavy atom. The SMILES string of the molecule is CC(C)C1C(=O)NC(C)(C)C(=O)N1CCc1ccsc1. The Labute approximate surface area is 124 Å². The zero-order chi connectivity index (χ0) is 14.9. The van der Waals surface area contributed by atoms with Gasteiger partial charge in [-0.1, -0.05) is 13.8 Å². The summed E-state index contributed by atoms with van der Waals surface area (Å²) in [6.45, 7) is 8.08. The summed E-state index contributed by atoms with van der Waals surface area (Å²) in [4.78, 5) is 26.6. The summed E-state index contributed by atoms with van der Waals surface area (Å²) in [6.07, 6.45) is 0.793. The van der Waals surface area contributed by atoms with Gasteiger partial charge in [0, 0.05) is 6.54 Å². The number of nitrogens with zero attached hydrogens (tertiary/aromatic N) is 1. The Morgan fingerprint density at radius 1 is 1.40 bits per heavy atom. The molecule has 1 saturated heterocycles. The van der Waals surface area contributed by atoms with Crippen molar-refractivity contribution in [1.82, 2.24) is 10.2 Å². The Bertz CT molecular complexity index is 494. The van der Waals surface area contributed by atoms with E-state index in [4.69, 9.17) is 0 Å². The second-order valence-corrected chi connectivity index (χ2v) is 6.96. The van der Waals surface area contributed by atoms with E-state index in [1.807, 2.05) is 19.2 Å². The van der Waals surface area contributed by atoms with Gasteiger partial charge in [-0.05, 0) is 48.6 Å². The van der Waals surface area contributed by atoms with Crippen molar-refractivity contribution in [2.75, 3.05) is 6.54 Å². The molecule has 1 aromatic heterocycles. The van der Waals surface area contributed by atoms with E-state index in [0.717, 1.165) is 6.42 Å². The van der Waals surface area contributed by atoms with Gasteiger partial charge in [-0.3, -0.25) is 9.59 Å². The summed E-state index contributed by atoms with van der Waals surface area (Å²) in [6, 6.07) is 1.70.